The van der Waals surface area contributed by atoms with Crippen molar-refractivity contribution in [2.45, 2.75) is 6.42 Å². The minimum Gasteiger partial charge on any atom is -0.465 e. The summed E-state index contributed by atoms with van der Waals surface area (Å²) in [5, 5.41) is 6.05. The molecule has 6 heteroatoms. The first-order valence-corrected chi connectivity index (χ1v) is 8.89. The van der Waals surface area contributed by atoms with E-state index in [9.17, 15) is 9.59 Å². The second-order valence-electron chi connectivity index (χ2n) is 6.12. The maximum atomic E-state index is 12.5. The van der Waals surface area contributed by atoms with Crippen molar-refractivity contribution < 1.29 is 14.3 Å². The van der Waals surface area contributed by atoms with Gasteiger partial charge in [-0.2, -0.15) is 0 Å². The highest BCUT2D eigenvalue weighted by Gasteiger charge is 2.11. The monoisotopic (exact) mass is 375 g/mol. The van der Waals surface area contributed by atoms with Crippen LogP contribution < -0.4 is 10.6 Å². The topological polar surface area (TPSA) is 80.3 Å². The zero-order chi connectivity index (χ0) is 19.8. The first-order valence-electron chi connectivity index (χ1n) is 8.89. The van der Waals surface area contributed by atoms with E-state index in [4.69, 9.17) is 4.74 Å². The molecule has 0 radical (unpaired) electrons. The van der Waals surface area contributed by atoms with Crippen LogP contribution >= 0.6 is 0 Å². The molecule has 0 spiro atoms. The van der Waals surface area contributed by atoms with Crippen LogP contribution in [0.5, 0.6) is 0 Å². The molecule has 0 aliphatic rings. The summed E-state index contributed by atoms with van der Waals surface area (Å²) in [6.07, 6.45) is 2.47. The molecule has 1 heterocycles. The largest absolute Gasteiger partial charge is 0.465 e. The molecule has 0 fully saturated rings. The molecule has 0 atom stereocenters. The maximum Gasteiger partial charge on any atom is 0.337 e. The quantitative estimate of drug-likeness (QED) is 0.615. The lowest BCUT2D eigenvalue weighted by molar-refractivity contribution is 0.0600. The smallest absolute Gasteiger partial charge is 0.337 e. The minimum absolute atomic E-state index is 0.285. The third kappa shape index (κ3) is 5.17. The van der Waals surface area contributed by atoms with Gasteiger partial charge in [0, 0.05) is 24.1 Å². The van der Waals surface area contributed by atoms with Gasteiger partial charge in [0.25, 0.3) is 5.91 Å². The van der Waals surface area contributed by atoms with Crippen LogP contribution in [0.25, 0.3) is 0 Å². The second-order valence-corrected chi connectivity index (χ2v) is 6.12. The van der Waals surface area contributed by atoms with Gasteiger partial charge < -0.3 is 15.4 Å². The number of methoxy groups -OCH3 is 1. The van der Waals surface area contributed by atoms with E-state index < -0.39 is 5.97 Å². The molecule has 0 bridgehead atoms. The average Bonchev–Trinajstić information content (AvgIpc) is 2.74. The first-order chi connectivity index (χ1) is 13.7. The predicted octanol–water partition coefficient (Wildman–Crippen LogP) is 3.78. The summed E-state index contributed by atoms with van der Waals surface area (Å²) in [4.78, 5) is 28.2. The van der Waals surface area contributed by atoms with E-state index >= 15 is 0 Å². The number of anilines is 2. The van der Waals surface area contributed by atoms with Gasteiger partial charge in [0.05, 0.1) is 12.7 Å². The molecule has 0 saturated heterocycles. The third-order valence-electron chi connectivity index (χ3n) is 4.12. The van der Waals surface area contributed by atoms with Gasteiger partial charge in [-0.25, -0.2) is 4.79 Å². The molecule has 3 aromatic rings. The molecule has 2 N–H and O–H groups in total. The Hall–Kier alpha value is -3.67. The zero-order valence-electron chi connectivity index (χ0n) is 15.5. The van der Waals surface area contributed by atoms with E-state index in [1.54, 1.807) is 36.5 Å². The molecule has 142 valence electrons. The van der Waals surface area contributed by atoms with Gasteiger partial charge in [-0.3, -0.25) is 9.78 Å². The van der Waals surface area contributed by atoms with Crippen molar-refractivity contribution in [2.75, 3.05) is 24.3 Å². The van der Waals surface area contributed by atoms with Crippen LogP contribution in [-0.4, -0.2) is 30.5 Å². The maximum absolute atomic E-state index is 12.5. The van der Waals surface area contributed by atoms with Crippen LogP contribution in [-0.2, 0) is 11.2 Å². The number of nitrogens with one attached hydrogen (secondary N) is 2. The highest BCUT2D eigenvalue weighted by atomic mass is 16.5. The van der Waals surface area contributed by atoms with Gasteiger partial charge in [-0.15, -0.1) is 0 Å². The van der Waals surface area contributed by atoms with Gasteiger partial charge >= 0.3 is 5.97 Å². The van der Waals surface area contributed by atoms with Crippen molar-refractivity contribution in [3.05, 3.63) is 89.7 Å². The third-order valence-corrected chi connectivity index (χ3v) is 4.12. The van der Waals surface area contributed by atoms with Crippen LogP contribution in [0, 0.1) is 0 Å². The molecular weight excluding hydrogens is 354 g/mol. The normalized spacial score (nSPS) is 10.2. The Morgan fingerprint density at radius 3 is 2.57 bits per heavy atom. The van der Waals surface area contributed by atoms with Crippen LogP contribution in [0.2, 0.25) is 0 Å². The van der Waals surface area contributed by atoms with E-state index in [0.717, 1.165) is 18.7 Å². The highest BCUT2D eigenvalue weighted by Crippen LogP contribution is 2.14. The fourth-order valence-electron chi connectivity index (χ4n) is 2.70. The average molecular weight is 375 g/mol. The molecule has 2 aromatic carbocycles. The number of amides is 1. The summed E-state index contributed by atoms with van der Waals surface area (Å²) in [6.45, 7) is 0.746. The fourth-order valence-corrected chi connectivity index (χ4v) is 2.70. The Labute approximate surface area is 163 Å². The molecule has 0 aliphatic heterocycles. The van der Waals surface area contributed by atoms with Gasteiger partial charge in [0.15, 0.2) is 0 Å². The Morgan fingerprint density at radius 2 is 1.79 bits per heavy atom. The van der Waals surface area contributed by atoms with Crippen LogP contribution in [0.1, 0.15) is 26.4 Å². The number of rotatable bonds is 7. The molecule has 0 unspecified atom stereocenters. The number of hydrogen-bond donors (Lipinski definition) is 2. The number of esters is 1. The number of ether oxygens (including phenoxy) is 1. The Balaban J connectivity index is 1.61. The van der Waals surface area contributed by atoms with Crippen molar-refractivity contribution >= 4 is 23.3 Å². The Morgan fingerprint density at radius 1 is 0.964 bits per heavy atom. The zero-order valence-corrected chi connectivity index (χ0v) is 15.5. The number of pyridine rings is 1. The van der Waals surface area contributed by atoms with Gasteiger partial charge in [-0.1, -0.05) is 36.4 Å². The van der Waals surface area contributed by atoms with Crippen molar-refractivity contribution in [3.8, 4) is 0 Å². The summed E-state index contributed by atoms with van der Waals surface area (Å²) < 4.78 is 4.69. The molecule has 6 nitrogen and oxygen atoms in total. The Kier molecular flexibility index (Phi) is 6.36. The molecule has 28 heavy (non-hydrogen) atoms. The molecule has 0 aliphatic carbocycles. The summed E-state index contributed by atoms with van der Waals surface area (Å²) in [5.41, 5.74) is 3.21. The molecular formula is C22H21N3O3. The lowest BCUT2D eigenvalue weighted by Gasteiger charge is -2.09. The van der Waals surface area contributed by atoms with E-state index in [1.165, 1.54) is 12.7 Å². The summed E-state index contributed by atoms with van der Waals surface area (Å²) >= 11 is 0. The van der Waals surface area contributed by atoms with Crippen molar-refractivity contribution in [1.29, 1.82) is 0 Å². The number of nitrogens with zero attached hydrogens (tertiary/aromatic N) is 1. The molecule has 3 rings (SSSR count). The predicted molar refractivity (Wildman–Crippen MR) is 109 cm³/mol. The molecule has 0 saturated carbocycles. The fraction of sp³-hybridized carbons (Fsp3) is 0.136. The van der Waals surface area contributed by atoms with E-state index in [0.29, 0.717) is 11.3 Å². The van der Waals surface area contributed by atoms with Crippen LogP contribution in [0.4, 0.5) is 11.4 Å². The van der Waals surface area contributed by atoms with Crippen molar-refractivity contribution in [3.63, 3.8) is 0 Å². The number of carbonyl (C=O) groups is 2. The van der Waals surface area contributed by atoms with E-state index in [1.807, 2.05) is 24.3 Å². The first kappa shape index (κ1) is 19.1. The van der Waals surface area contributed by atoms with Crippen LogP contribution in [0.3, 0.4) is 0 Å². The summed E-state index contributed by atoms with van der Waals surface area (Å²) in [5.74, 6) is -0.812. The number of carbonyl (C=O) groups excluding carboxylic acids is 2. The van der Waals surface area contributed by atoms with Crippen LogP contribution in [0.15, 0.2) is 72.9 Å². The van der Waals surface area contributed by atoms with Gasteiger partial charge in [-0.05, 0) is 42.3 Å². The van der Waals surface area contributed by atoms with E-state index in [2.05, 4.69) is 27.8 Å². The highest BCUT2D eigenvalue weighted by molar-refractivity contribution is 6.04. The lowest BCUT2D eigenvalue weighted by atomic mass is 10.1. The molecule has 1 aromatic heterocycles. The summed E-state index contributed by atoms with van der Waals surface area (Å²) in [6, 6.07) is 20.3. The number of benzene rings is 2. The Bertz CT molecular complexity index is 958. The van der Waals surface area contributed by atoms with Crippen molar-refractivity contribution in [1.82, 2.24) is 4.98 Å². The van der Waals surface area contributed by atoms with E-state index in [-0.39, 0.29) is 11.6 Å². The molecule has 1 amide bonds. The summed E-state index contributed by atoms with van der Waals surface area (Å²) in [7, 11) is 1.31. The standard InChI is InChI=1S/C22H21N3O3/c1-28-22(27)17-8-5-9-19(14-17)25-21(26)20-15-18(11-13-24-20)23-12-10-16-6-3-2-4-7-16/h2-9,11,13-15H,10,12H2,1H3,(H,23,24)(H,25,26). The second kappa shape index (κ2) is 9.32. The number of hydrogen-bond acceptors (Lipinski definition) is 5. The van der Waals surface area contributed by atoms with Crippen molar-refractivity contribution in [2.24, 2.45) is 0 Å². The van der Waals surface area contributed by atoms with Gasteiger partial charge in [0.2, 0.25) is 0 Å². The number of aromatic nitrogens is 1. The lowest BCUT2D eigenvalue weighted by Crippen LogP contribution is -2.15. The SMILES string of the molecule is COC(=O)c1cccc(NC(=O)c2cc(NCCc3ccccc3)ccn2)c1. The van der Waals surface area contributed by atoms with Gasteiger partial charge in [0.1, 0.15) is 5.69 Å². The minimum atomic E-state index is -0.459.